The van der Waals surface area contributed by atoms with Crippen molar-refractivity contribution in [2.45, 2.75) is 12.8 Å². The third-order valence-corrected chi connectivity index (χ3v) is 2.66. The van der Waals surface area contributed by atoms with Gasteiger partial charge in [-0.1, -0.05) is 18.2 Å². The Kier molecular flexibility index (Phi) is 2.82. The summed E-state index contributed by atoms with van der Waals surface area (Å²) in [5.41, 5.74) is 1.86. The third-order valence-electron chi connectivity index (χ3n) is 2.66. The van der Waals surface area contributed by atoms with E-state index >= 15 is 0 Å². The SMILES string of the molecule is CC(C(=O)O)c1cccc(-c2c[nH]c(=O)[nH]2)c1. The summed E-state index contributed by atoms with van der Waals surface area (Å²) in [5.74, 6) is -1.44. The smallest absolute Gasteiger partial charge is 0.323 e. The molecule has 88 valence electrons. The highest BCUT2D eigenvalue weighted by Crippen LogP contribution is 2.22. The van der Waals surface area contributed by atoms with Crippen LogP contribution in [0.4, 0.5) is 0 Å². The second-order valence-electron chi connectivity index (χ2n) is 3.84. The minimum absolute atomic E-state index is 0.281. The summed E-state index contributed by atoms with van der Waals surface area (Å²) in [4.78, 5) is 27.0. The summed E-state index contributed by atoms with van der Waals surface area (Å²) >= 11 is 0. The number of rotatable bonds is 3. The van der Waals surface area contributed by atoms with Gasteiger partial charge in [0.05, 0.1) is 11.6 Å². The highest BCUT2D eigenvalue weighted by atomic mass is 16.4. The van der Waals surface area contributed by atoms with Crippen LogP contribution < -0.4 is 5.69 Å². The van der Waals surface area contributed by atoms with Gasteiger partial charge in [-0.2, -0.15) is 0 Å². The molecule has 17 heavy (non-hydrogen) atoms. The molecule has 0 saturated carbocycles. The van der Waals surface area contributed by atoms with Crippen LogP contribution in [0.5, 0.6) is 0 Å². The monoisotopic (exact) mass is 232 g/mol. The lowest BCUT2D eigenvalue weighted by Gasteiger charge is -2.07. The Labute approximate surface area is 97.1 Å². The second-order valence-corrected chi connectivity index (χ2v) is 3.84. The van der Waals surface area contributed by atoms with Crippen LogP contribution in [0, 0.1) is 0 Å². The highest BCUT2D eigenvalue weighted by molar-refractivity contribution is 5.76. The van der Waals surface area contributed by atoms with E-state index in [9.17, 15) is 9.59 Å². The molecule has 5 nitrogen and oxygen atoms in total. The van der Waals surface area contributed by atoms with Crippen LogP contribution in [0.1, 0.15) is 18.4 Å². The molecule has 1 aromatic carbocycles. The van der Waals surface area contributed by atoms with Crippen molar-refractivity contribution in [2.75, 3.05) is 0 Å². The third kappa shape index (κ3) is 2.28. The molecular weight excluding hydrogens is 220 g/mol. The van der Waals surface area contributed by atoms with Gasteiger partial charge in [-0.05, 0) is 24.1 Å². The van der Waals surface area contributed by atoms with E-state index in [1.54, 1.807) is 31.3 Å². The molecule has 1 heterocycles. The first-order valence-electron chi connectivity index (χ1n) is 5.19. The predicted molar refractivity (Wildman–Crippen MR) is 62.9 cm³/mol. The molecule has 2 rings (SSSR count). The molecule has 0 aliphatic heterocycles. The van der Waals surface area contributed by atoms with E-state index in [0.29, 0.717) is 11.3 Å². The lowest BCUT2D eigenvalue weighted by atomic mass is 9.98. The first-order valence-corrected chi connectivity index (χ1v) is 5.19. The Hall–Kier alpha value is -2.30. The molecular formula is C12H12N2O3. The van der Waals surface area contributed by atoms with Crippen molar-refractivity contribution in [3.8, 4) is 11.3 Å². The van der Waals surface area contributed by atoms with Crippen molar-refractivity contribution in [3.05, 3.63) is 46.5 Å². The Morgan fingerprint density at radius 3 is 2.76 bits per heavy atom. The zero-order chi connectivity index (χ0) is 12.4. The van der Waals surface area contributed by atoms with E-state index in [2.05, 4.69) is 9.97 Å². The van der Waals surface area contributed by atoms with Gasteiger partial charge in [-0.15, -0.1) is 0 Å². The number of aromatic amines is 2. The number of nitrogens with one attached hydrogen (secondary N) is 2. The van der Waals surface area contributed by atoms with Gasteiger partial charge in [-0.3, -0.25) is 4.79 Å². The van der Waals surface area contributed by atoms with Crippen molar-refractivity contribution in [1.82, 2.24) is 9.97 Å². The number of carboxylic acid groups (broad SMARTS) is 1. The number of hydrogen-bond acceptors (Lipinski definition) is 2. The van der Waals surface area contributed by atoms with Crippen molar-refractivity contribution in [1.29, 1.82) is 0 Å². The van der Waals surface area contributed by atoms with Gasteiger partial charge in [0, 0.05) is 6.20 Å². The fourth-order valence-corrected chi connectivity index (χ4v) is 1.61. The maximum Gasteiger partial charge on any atom is 0.323 e. The Morgan fingerprint density at radius 2 is 2.18 bits per heavy atom. The Morgan fingerprint density at radius 1 is 1.41 bits per heavy atom. The molecule has 0 aliphatic rings. The minimum atomic E-state index is -0.871. The molecule has 0 spiro atoms. The van der Waals surface area contributed by atoms with Crippen molar-refractivity contribution >= 4 is 5.97 Å². The van der Waals surface area contributed by atoms with Gasteiger partial charge in [0.1, 0.15) is 0 Å². The first-order chi connectivity index (χ1) is 8.08. The molecule has 0 aliphatic carbocycles. The number of carboxylic acids is 1. The van der Waals surface area contributed by atoms with E-state index in [0.717, 1.165) is 5.56 Å². The fourth-order valence-electron chi connectivity index (χ4n) is 1.61. The molecule has 0 fully saturated rings. The maximum atomic E-state index is 11.0. The Balaban J connectivity index is 2.41. The number of hydrogen-bond donors (Lipinski definition) is 3. The summed E-state index contributed by atoms with van der Waals surface area (Å²) < 4.78 is 0. The molecule has 1 atom stereocenters. The maximum absolute atomic E-state index is 11.0. The quantitative estimate of drug-likeness (QED) is 0.750. The van der Waals surface area contributed by atoms with Crippen molar-refractivity contribution < 1.29 is 9.90 Å². The molecule has 3 N–H and O–H groups in total. The van der Waals surface area contributed by atoms with Crippen molar-refractivity contribution in [2.24, 2.45) is 0 Å². The fraction of sp³-hybridized carbons (Fsp3) is 0.167. The van der Waals surface area contributed by atoms with Crippen molar-refractivity contribution in [3.63, 3.8) is 0 Å². The van der Waals surface area contributed by atoms with Gasteiger partial charge in [0.2, 0.25) is 0 Å². The minimum Gasteiger partial charge on any atom is -0.481 e. The van der Waals surface area contributed by atoms with Gasteiger partial charge < -0.3 is 15.1 Å². The summed E-state index contributed by atoms with van der Waals surface area (Å²) in [6.07, 6.45) is 1.56. The number of aromatic nitrogens is 2. The molecule has 0 saturated heterocycles. The topological polar surface area (TPSA) is 85.9 Å². The average Bonchev–Trinajstić information content (AvgIpc) is 2.75. The molecule has 2 aromatic rings. The number of carbonyl (C=O) groups is 1. The predicted octanol–water partition coefficient (Wildman–Crippen LogP) is 1.56. The molecule has 1 aromatic heterocycles. The van der Waals surface area contributed by atoms with Crippen LogP contribution in [0.3, 0.4) is 0 Å². The van der Waals surface area contributed by atoms with Gasteiger partial charge in [0.25, 0.3) is 0 Å². The normalized spacial score (nSPS) is 12.3. The summed E-state index contributed by atoms with van der Waals surface area (Å²) in [6.45, 7) is 1.63. The standard InChI is InChI=1S/C12H12N2O3/c1-7(11(15)16)8-3-2-4-9(5-8)10-6-13-12(17)14-10/h2-7H,1H3,(H,15,16)(H2,13,14,17). The molecule has 0 radical (unpaired) electrons. The Bertz CT molecular complexity index is 598. The van der Waals surface area contributed by atoms with Crippen LogP contribution in [-0.2, 0) is 4.79 Å². The molecule has 1 unspecified atom stereocenters. The van der Waals surface area contributed by atoms with E-state index in [4.69, 9.17) is 5.11 Å². The lowest BCUT2D eigenvalue weighted by molar-refractivity contribution is -0.138. The van der Waals surface area contributed by atoms with E-state index < -0.39 is 11.9 Å². The van der Waals surface area contributed by atoms with Crippen LogP contribution in [0.25, 0.3) is 11.3 Å². The summed E-state index contributed by atoms with van der Waals surface area (Å²) in [5, 5.41) is 8.94. The highest BCUT2D eigenvalue weighted by Gasteiger charge is 2.14. The van der Waals surface area contributed by atoms with Crippen LogP contribution in [0.2, 0.25) is 0 Å². The zero-order valence-corrected chi connectivity index (χ0v) is 9.23. The summed E-state index contributed by atoms with van der Waals surface area (Å²) in [7, 11) is 0. The average molecular weight is 232 g/mol. The molecule has 0 amide bonds. The number of aliphatic carboxylic acids is 1. The first kappa shape index (κ1) is 11.2. The van der Waals surface area contributed by atoms with Crippen LogP contribution in [-0.4, -0.2) is 21.0 Å². The largest absolute Gasteiger partial charge is 0.481 e. The molecule has 5 heteroatoms. The van der Waals surface area contributed by atoms with Crippen LogP contribution >= 0.6 is 0 Å². The van der Waals surface area contributed by atoms with Gasteiger partial charge in [-0.25, -0.2) is 4.79 Å². The van der Waals surface area contributed by atoms with Crippen LogP contribution in [0.15, 0.2) is 35.3 Å². The summed E-state index contributed by atoms with van der Waals surface area (Å²) in [6, 6.07) is 7.11. The zero-order valence-electron chi connectivity index (χ0n) is 9.23. The van der Waals surface area contributed by atoms with Gasteiger partial charge in [0.15, 0.2) is 0 Å². The molecule has 0 bridgehead atoms. The van der Waals surface area contributed by atoms with E-state index in [1.165, 1.54) is 0 Å². The number of benzene rings is 1. The number of H-pyrrole nitrogens is 2. The van der Waals surface area contributed by atoms with Gasteiger partial charge >= 0.3 is 11.7 Å². The second kappa shape index (κ2) is 4.29. The van der Waals surface area contributed by atoms with E-state index in [-0.39, 0.29) is 5.69 Å². The number of imidazole rings is 1. The lowest BCUT2D eigenvalue weighted by Crippen LogP contribution is -2.07. The van der Waals surface area contributed by atoms with E-state index in [1.807, 2.05) is 6.07 Å².